The van der Waals surface area contributed by atoms with Crippen molar-refractivity contribution in [2.45, 2.75) is 19.5 Å². The second kappa shape index (κ2) is 5.80. The molecule has 88 valence electrons. The minimum absolute atomic E-state index is 0.232. The van der Waals surface area contributed by atoms with Gasteiger partial charge >= 0.3 is 0 Å². The van der Waals surface area contributed by atoms with Crippen LogP contribution in [0.2, 0.25) is 5.02 Å². The Balaban J connectivity index is 1.95. The maximum Gasteiger partial charge on any atom is 0.0570 e. The van der Waals surface area contributed by atoms with Crippen LogP contribution in [0.5, 0.6) is 0 Å². The van der Waals surface area contributed by atoms with Crippen LogP contribution in [-0.2, 0) is 6.54 Å². The molecule has 0 aliphatic heterocycles. The molecule has 2 nitrogen and oxygen atoms in total. The maximum atomic E-state index is 5.94. The third-order valence-electron chi connectivity index (χ3n) is 2.63. The van der Waals surface area contributed by atoms with Crippen molar-refractivity contribution in [3.63, 3.8) is 0 Å². The molecule has 0 bridgehead atoms. The topological polar surface area (TPSA) is 24.9 Å². The van der Waals surface area contributed by atoms with E-state index in [0.29, 0.717) is 0 Å². The number of benzene rings is 1. The minimum atomic E-state index is 0.232. The summed E-state index contributed by atoms with van der Waals surface area (Å²) in [5.74, 6) is 0. The summed E-state index contributed by atoms with van der Waals surface area (Å²) in [6.45, 7) is 2.89. The highest BCUT2D eigenvalue weighted by Crippen LogP contribution is 2.13. The first kappa shape index (κ1) is 12.1. The van der Waals surface area contributed by atoms with Gasteiger partial charge in [-0.25, -0.2) is 0 Å². The van der Waals surface area contributed by atoms with Crippen molar-refractivity contribution in [2.24, 2.45) is 0 Å². The fourth-order valence-electron chi connectivity index (χ4n) is 1.65. The van der Waals surface area contributed by atoms with Crippen molar-refractivity contribution in [3.05, 3.63) is 64.9 Å². The van der Waals surface area contributed by atoms with Gasteiger partial charge in [0, 0.05) is 23.8 Å². The summed E-state index contributed by atoms with van der Waals surface area (Å²) >= 11 is 5.94. The Morgan fingerprint density at radius 3 is 2.82 bits per heavy atom. The third kappa shape index (κ3) is 3.55. The molecular weight excluding hydrogens is 232 g/mol. The number of halogens is 1. The van der Waals surface area contributed by atoms with Gasteiger partial charge in [-0.15, -0.1) is 0 Å². The highest BCUT2D eigenvalue weighted by atomic mass is 35.5. The summed E-state index contributed by atoms with van der Waals surface area (Å²) in [6.07, 6.45) is 1.81. The van der Waals surface area contributed by atoms with Crippen molar-refractivity contribution < 1.29 is 0 Å². The Morgan fingerprint density at radius 1 is 1.24 bits per heavy atom. The quantitative estimate of drug-likeness (QED) is 0.892. The lowest BCUT2D eigenvalue weighted by Crippen LogP contribution is -2.18. The highest BCUT2D eigenvalue weighted by molar-refractivity contribution is 6.30. The third-order valence-corrected chi connectivity index (χ3v) is 2.87. The summed E-state index contributed by atoms with van der Waals surface area (Å²) in [5, 5.41) is 4.19. The molecule has 1 N–H and O–H groups in total. The predicted molar refractivity (Wildman–Crippen MR) is 70.9 cm³/mol. The zero-order valence-corrected chi connectivity index (χ0v) is 10.5. The normalized spacial score (nSPS) is 12.4. The maximum absolute atomic E-state index is 5.94. The summed E-state index contributed by atoms with van der Waals surface area (Å²) in [6, 6.07) is 14.1. The van der Waals surface area contributed by atoms with Gasteiger partial charge in [-0.3, -0.25) is 4.98 Å². The van der Waals surface area contributed by atoms with Crippen LogP contribution in [0.15, 0.2) is 48.7 Å². The van der Waals surface area contributed by atoms with Gasteiger partial charge in [0.2, 0.25) is 0 Å². The standard InChI is InChI=1S/C14H15ClN2/c1-11(14-7-2-3-8-16-14)17-10-12-5-4-6-13(15)9-12/h2-9,11,17H,10H2,1H3. The van der Waals surface area contributed by atoms with Crippen LogP contribution in [0.25, 0.3) is 0 Å². The lowest BCUT2D eigenvalue weighted by Gasteiger charge is -2.13. The van der Waals surface area contributed by atoms with E-state index in [0.717, 1.165) is 17.3 Å². The second-order valence-electron chi connectivity index (χ2n) is 3.99. The molecule has 3 heteroatoms. The van der Waals surface area contributed by atoms with E-state index in [1.807, 2.05) is 42.6 Å². The number of pyridine rings is 1. The van der Waals surface area contributed by atoms with Gasteiger partial charge in [0.15, 0.2) is 0 Å². The summed E-state index contributed by atoms with van der Waals surface area (Å²) < 4.78 is 0. The highest BCUT2D eigenvalue weighted by Gasteiger charge is 2.05. The molecule has 0 aliphatic carbocycles. The molecule has 0 saturated carbocycles. The molecule has 1 atom stereocenters. The Bertz CT molecular complexity index is 471. The zero-order valence-electron chi connectivity index (χ0n) is 9.73. The number of nitrogens with zero attached hydrogens (tertiary/aromatic N) is 1. The van der Waals surface area contributed by atoms with Crippen LogP contribution < -0.4 is 5.32 Å². The SMILES string of the molecule is CC(NCc1cccc(Cl)c1)c1ccccn1. The van der Waals surface area contributed by atoms with Crippen LogP contribution >= 0.6 is 11.6 Å². The average Bonchev–Trinajstić information content (AvgIpc) is 2.37. The Morgan fingerprint density at radius 2 is 2.12 bits per heavy atom. The van der Waals surface area contributed by atoms with Crippen molar-refractivity contribution in [2.75, 3.05) is 0 Å². The molecule has 1 aromatic carbocycles. The van der Waals surface area contributed by atoms with Gasteiger partial charge in [0.25, 0.3) is 0 Å². The number of hydrogen-bond acceptors (Lipinski definition) is 2. The van der Waals surface area contributed by atoms with E-state index >= 15 is 0 Å². The summed E-state index contributed by atoms with van der Waals surface area (Å²) in [4.78, 5) is 4.32. The molecule has 0 spiro atoms. The van der Waals surface area contributed by atoms with Gasteiger partial charge in [-0.1, -0.05) is 29.8 Å². The lowest BCUT2D eigenvalue weighted by molar-refractivity contribution is 0.561. The van der Waals surface area contributed by atoms with E-state index in [1.165, 1.54) is 5.56 Å². The first-order valence-corrected chi connectivity index (χ1v) is 6.02. The number of hydrogen-bond donors (Lipinski definition) is 1. The van der Waals surface area contributed by atoms with Crippen LogP contribution in [-0.4, -0.2) is 4.98 Å². The number of rotatable bonds is 4. The van der Waals surface area contributed by atoms with Crippen LogP contribution in [0, 0.1) is 0 Å². The first-order chi connectivity index (χ1) is 8.25. The molecule has 0 saturated heterocycles. The van der Waals surface area contributed by atoms with E-state index in [1.54, 1.807) is 0 Å². The first-order valence-electron chi connectivity index (χ1n) is 5.64. The van der Waals surface area contributed by atoms with Gasteiger partial charge in [-0.05, 0) is 36.8 Å². The van der Waals surface area contributed by atoms with Crippen LogP contribution in [0.1, 0.15) is 24.2 Å². The van der Waals surface area contributed by atoms with Crippen LogP contribution in [0.3, 0.4) is 0 Å². The van der Waals surface area contributed by atoms with Gasteiger partial charge in [0.05, 0.1) is 5.69 Å². The fraction of sp³-hybridized carbons (Fsp3) is 0.214. The largest absolute Gasteiger partial charge is 0.305 e. The lowest BCUT2D eigenvalue weighted by atomic mass is 10.2. The molecule has 1 aromatic heterocycles. The monoisotopic (exact) mass is 246 g/mol. The van der Waals surface area contributed by atoms with Gasteiger partial charge in [-0.2, -0.15) is 0 Å². The van der Waals surface area contributed by atoms with E-state index in [-0.39, 0.29) is 6.04 Å². The summed E-state index contributed by atoms with van der Waals surface area (Å²) in [5.41, 5.74) is 2.23. The second-order valence-corrected chi connectivity index (χ2v) is 4.42. The molecule has 1 unspecified atom stereocenters. The van der Waals surface area contributed by atoms with Gasteiger partial charge < -0.3 is 5.32 Å². The van der Waals surface area contributed by atoms with E-state index in [9.17, 15) is 0 Å². The Kier molecular flexibility index (Phi) is 4.13. The van der Waals surface area contributed by atoms with Crippen LogP contribution in [0.4, 0.5) is 0 Å². The van der Waals surface area contributed by atoms with Crippen molar-refractivity contribution in [1.82, 2.24) is 10.3 Å². The van der Waals surface area contributed by atoms with E-state index in [2.05, 4.69) is 23.3 Å². The van der Waals surface area contributed by atoms with Crippen molar-refractivity contribution in [1.29, 1.82) is 0 Å². The zero-order chi connectivity index (χ0) is 12.1. The van der Waals surface area contributed by atoms with Crippen molar-refractivity contribution >= 4 is 11.6 Å². The number of nitrogens with one attached hydrogen (secondary N) is 1. The average molecular weight is 247 g/mol. The Hall–Kier alpha value is -1.38. The van der Waals surface area contributed by atoms with E-state index < -0.39 is 0 Å². The molecule has 1 heterocycles. The molecule has 0 fully saturated rings. The molecule has 0 aliphatic rings. The smallest absolute Gasteiger partial charge is 0.0570 e. The predicted octanol–water partition coefficient (Wildman–Crippen LogP) is 3.59. The number of aromatic nitrogens is 1. The summed E-state index contributed by atoms with van der Waals surface area (Å²) in [7, 11) is 0. The fourth-order valence-corrected chi connectivity index (χ4v) is 1.87. The van der Waals surface area contributed by atoms with E-state index in [4.69, 9.17) is 11.6 Å². The molecule has 17 heavy (non-hydrogen) atoms. The molecule has 2 rings (SSSR count). The minimum Gasteiger partial charge on any atom is -0.305 e. The van der Waals surface area contributed by atoms with Crippen molar-refractivity contribution in [3.8, 4) is 0 Å². The van der Waals surface area contributed by atoms with Gasteiger partial charge in [0.1, 0.15) is 0 Å². The molecule has 0 radical (unpaired) electrons. The Labute approximate surface area is 107 Å². The molecular formula is C14H15ClN2. The molecule has 2 aromatic rings. The molecule has 0 amide bonds.